The van der Waals surface area contributed by atoms with Crippen LogP contribution in [0.3, 0.4) is 0 Å². The molecule has 206 valence electrons. The van der Waals surface area contributed by atoms with Gasteiger partial charge in [0.05, 0.1) is 18.7 Å². The second-order valence-electron chi connectivity index (χ2n) is 11.1. The first-order valence-corrected chi connectivity index (χ1v) is 13.6. The van der Waals surface area contributed by atoms with Gasteiger partial charge in [-0.1, -0.05) is 36.4 Å². The number of hydrogen-bond acceptors (Lipinski definition) is 4. The van der Waals surface area contributed by atoms with E-state index >= 15 is 8.78 Å². The van der Waals surface area contributed by atoms with Crippen molar-refractivity contribution in [2.75, 3.05) is 26.2 Å². The highest BCUT2D eigenvalue weighted by molar-refractivity contribution is 5.46. The van der Waals surface area contributed by atoms with E-state index in [0.717, 1.165) is 43.5 Å². The molecule has 0 bridgehead atoms. The summed E-state index contributed by atoms with van der Waals surface area (Å²) in [6.07, 6.45) is 0.497. The summed E-state index contributed by atoms with van der Waals surface area (Å²) in [4.78, 5) is 1.46. The number of alkyl halides is 2. The molecule has 39 heavy (non-hydrogen) atoms. The molecular weight excluding hydrogens is 508 g/mol. The standard InChI is InChI=1S/C31H32F4N2O2/c32-26-13-24(39-23-8-10-31(15-23)18-36-19-31)14-27(33)29(26)30-25-7-6-22(38-17-20-4-2-1-3-5-20)12-21(25)9-11-37(30)16-28(34)35/h1-7,12-14,23,28,30,36H,8-11,15-19H2. The van der Waals surface area contributed by atoms with Crippen molar-refractivity contribution in [1.29, 1.82) is 0 Å². The van der Waals surface area contributed by atoms with Crippen molar-refractivity contribution in [2.24, 2.45) is 5.41 Å². The number of ether oxygens (including phenoxy) is 2. The normalized spacial score (nSPS) is 22.1. The van der Waals surface area contributed by atoms with Crippen LogP contribution in [0.4, 0.5) is 17.6 Å². The third kappa shape index (κ3) is 5.50. The summed E-state index contributed by atoms with van der Waals surface area (Å²) >= 11 is 0. The quantitative estimate of drug-likeness (QED) is 0.341. The van der Waals surface area contributed by atoms with E-state index in [4.69, 9.17) is 9.47 Å². The van der Waals surface area contributed by atoms with E-state index in [2.05, 4.69) is 5.32 Å². The van der Waals surface area contributed by atoms with Crippen LogP contribution < -0.4 is 14.8 Å². The molecule has 2 fully saturated rings. The minimum absolute atomic E-state index is 0.0863. The van der Waals surface area contributed by atoms with Crippen LogP contribution >= 0.6 is 0 Å². The van der Waals surface area contributed by atoms with Crippen LogP contribution in [0.2, 0.25) is 0 Å². The van der Waals surface area contributed by atoms with E-state index in [0.29, 0.717) is 24.3 Å². The van der Waals surface area contributed by atoms with Gasteiger partial charge in [-0.05, 0) is 59.9 Å². The van der Waals surface area contributed by atoms with Gasteiger partial charge in [-0.25, -0.2) is 17.6 Å². The summed E-state index contributed by atoms with van der Waals surface area (Å²) in [6, 6.07) is 16.5. The van der Waals surface area contributed by atoms with Crippen molar-refractivity contribution in [3.63, 3.8) is 0 Å². The summed E-state index contributed by atoms with van der Waals surface area (Å²) in [5.74, 6) is -0.808. The van der Waals surface area contributed by atoms with Crippen molar-refractivity contribution in [3.8, 4) is 11.5 Å². The van der Waals surface area contributed by atoms with Crippen LogP contribution in [-0.2, 0) is 13.0 Å². The third-order valence-corrected chi connectivity index (χ3v) is 8.35. The molecule has 0 radical (unpaired) electrons. The van der Waals surface area contributed by atoms with Gasteiger partial charge in [-0.3, -0.25) is 4.90 Å². The van der Waals surface area contributed by atoms with Gasteiger partial charge in [0, 0.05) is 37.3 Å². The van der Waals surface area contributed by atoms with Crippen LogP contribution in [0.5, 0.6) is 11.5 Å². The second kappa shape index (κ2) is 10.8. The maximum atomic E-state index is 15.6. The van der Waals surface area contributed by atoms with Gasteiger partial charge >= 0.3 is 0 Å². The maximum Gasteiger partial charge on any atom is 0.251 e. The van der Waals surface area contributed by atoms with Gasteiger partial charge in [-0.15, -0.1) is 0 Å². The molecule has 2 atom stereocenters. The molecule has 6 rings (SSSR count). The summed E-state index contributed by atoms with van der Waals surface area (Å²) in [5.41, 5.74) is 2.47. The Hall–Kier alpha value is -3.10. The molecule has 2 aliphatic heterocycles. The monoisotopic (exact) mass is 540 g/mol. The Kier molecular flexibility index (Phi) is 7.25. The zero-order chi connectivity index (χ0) is 27.0. The largest absolute Gasteiger partial charge is 0.490 e. The Balaban J connectivity index is 1.26. The Morgan fingerprint density at radius 2 is 1.74 bits per heavy atom. The van der Waals surface area contributed by atoms with E-state index in [1.165, 1.54) is 17.0 Å². The van der Waals surface area contributed by atoms with Crippen LogP contribution in [0.15, 0.2) is 60.7 Å². The third-order valence-electron chi connectivity index (χ3n) is 8.35. The van der Waals surface area contributed by atoms with E-state index < -0.39 is 30.6 Å². The zero-order valence-electron chi connectivity index (χ0n) is 21.6. The van der Waals surface area contributed by atoms with E-state index in [1.54, 1.807) is 12.1 Å². The maximum absolute atomic E-state index is 15.6. The van der Waals surface area contributed by atoms with Crippen LogP contribution in [0.1, 0.15) is 47.6 Å². The molecule has 1 spiro atoms. The molecule has 2 unspecified atom stereocenters. The molecular formula is C31H32F4N2O2. The summed E-state index contributed by atoms with van der Waals surface area (Å²) in [5, 5.41) is 3.29. The lowest BCUT2D eigenvalue weighted by Crippen LogP contribution is -2.52. The SMILES string of the molecule is Fc1cc(OC2CCC3(CNC3)C2)cc(F)c1C1c2ccc(OCc3ccccc3)cc2CCN1CC(F)F. The number of halogens is 4. The average molecular weight is 541 g/mol. The molecule has 2 heterocycles. The molecule has 3 aromatic rings. The van der Waals surface area contributed by atoms with Gasteiger partial charge in [0.15, 0.2) is 0 Å². The molecule has 1 N–H and O–H groups in total. The first-order valence-electron chi connectivity index (χ1n) is 13.6. The lowest BCUT2D eigenvalue weighted by atomic mass is 9.80. The fourth-order valence-electron chi connectivity index (χ4n) is 6.34. The second-order valence-corrected chi connectivity index (χ2v) is 11.1. The molecule has 4 nitrogen and oxygen atoms in total. The predicted octanol–water partition coefficient (Wildman–Crippen LogP) is 6.28. The Morgan fingerprint density at radius 3 is 2.41 bits per heavy atom. The number of nitrogens with zero attached hydrogens (tertiary/aromatic N) is 1. The Bertz CT molecular complexity index is 1290. The van der Waals surface area contributed by atoms with Gasteiger partial charge in [0.1, 0.15) is 29.7 Å². The highest BCUT2D eigenvalue weighted by atomic mass is 19.3. The minimum atomic E-state index is -2.63. The van der Waals surface area contributed by atoms with Crippen molar-refractivity contribution in [2.45, 2.75) is 50.9 Å². The average Bonchev–Trinajstić information content (AvgIpc) is 3.33. The van der Waals surface area contributed by atoms with E-state index in [1.807, 2.05) is 36.4 Å². The predicted molar refractivity (Wildman–Crippen MR) is 140 cm³/mol. The van der Waals surface area contributed by atoms with E-state index in [9.17, 15) is 8.78 Å². The van der Waals surface area contributed by atoms with Gasteiger partial charge < -0.3 is 14.8 Å². The first-order chi connectivity index (χ1) is 18.9. The van der Waals surface area contributed by atoms with Crippen molar-refractivity contribution >= 4 is 0 Å². The molecule has 1 aliphatic carbocycles. The molecule has 0 aromatic heterocycles. The highest BCUT2D eigenvalue weighted by Crippen LogP contribution is 2.44. The number of rotatable bonds is 8. The summed E-state index contributed by atoms with van der Waals surface area (Å²) < 4.78 is 70.2. The zero-order valence-corrected chi connectivity index (χ0v) is 21.6. The number of benzene rings is 3. The topological polar surface area (TPSA) is 33.7 Å². The molecule has 3 aliphatic rings. The lowest BCUT2D eigenvalue weighted by Gasteiger charge is -2.39. The van der Waals surface area contributed by atoms with Crippen molar-refractivity contribution < 1.29 is 27.0 Å². The molecule has 3 aromatic carbocycles. The number of nitrogens with one attached hydrogen (secondary N) is 1. The van der Waals surface area contributed by atoms with Gasteiger partial charge in [0.2, 0.25) is 0 Å². The van der Waals surface area contributed by atoms with Crippen LogP contribution in [0, 0.1) is 17.0 Å². The van der Waals surface area contributed by atoms with Gasteiger partial charge in [-0.2, -0.15) is 0 Å². The van der Waals surface area contributed by atoms with Crippen LogP contribution in [0.25, 0.3) is 0 Å². The minimum Gasteiger partial charge on any atom is -0.490 e. The Morgan fingerprint density at radius 1 is 0.974 bits per heavy atom. The highest BCUT2D eigenvalue weighted by Gasteiger charge is 2.44. The smallest absolute Gasteiger partial charge is 0.251 e. The van der Waals surface area contributed by atoms with Gasteiger partial charge in [0.25, 0.3) is 6.43 Å². The summed E-state index contributed by atoms with van der Waals surface area (Å²) in [6.45, 7) is 1.96. The molecule has 0 amide bonds. The summed E-state index contributed by atoms with van der Waals surface area (Å²) in [7, 11) is 0. The number of hydrogen-bond donors (Lipinski definition) is 1. The Labute approximate surface area is 225 Å². The fraction of sp³-hybridized carbons (Fsp3) is 0.419. The number of fused-ring (bicyclic) bond motifs is 1. The first kappa shape index (κ1) is 26.1. The fourth-order valence-corrected chi connectivity index (χ4v) is 6.34. The van der Waals surface area contributed by atoms with Crippen LogP contribution in [-0.4, -0.2) is 43.6 Å². The van der Waals surface area contributed by atoms with Crippen molar-refractivity contribution in [3.05, 3.63) is 94.6 Å². The molecule has 1 saturated heterocycles. The van der Waals surface area contributed by atoms with E-state index in [-0.39, 0.29) is 29.4 Å². The van der Waals surface area contributed by atoms with Crippen molar-refractivity contribution in [1.82, 2.24) is 10.2 Å². The lowest BCUT2D eigenvalue weighted by molar-refractivity contribution is 0.0685. The molecule has 1 saturated carbocycles. The molecule has 8 heteroatoms.